The quantitative estimate of drug-likeness (QED) is 0.787. The second-order valence-corrected chi connectivity index (χ2v) is 6.76. The first-order valence-electron chi connectivity index (χ1n) is 7.34. The first-order chi connectivity index (χ1) is 10.3. The fraction of sp³-hybridized carbons (Fsp3) is 0.529. The van der Waals surface area contributed by atoms with Crippen LogP contribution in [0.5, 0.6) is 0 Å². The maximum atomic E-state index is 13.2. The molecule has 0 radical (unpaired) electrons. The number of hydrogen-bond acceptors (Lipinski definition) is 2. The van der Waals surface area contributed by atoms with Gasteiger partial charge in [0.1, 0.15) is 5.41 Å². The highest BCUT2D eigenvalue weighted by molar-refractivity contribution is 5.84. The monoisotopic (exact) mass is 304 g/mol. The Balaban J connectivity index is 1.99. The van der Waals surface area contributed by atoms with Crippen LogP contribution in [0.2, 0.25) is 0 Å². The molecule has 0 spiro atoms. The Morgan fingerprint density at radius 3 is 2.77 bits per heavy atom. The fourth-order valence-corrected chi connectivity index (χ4v) is 3.63. The molecule has 1 aromatic rings. The number of rotatable bonds is 2. The third-order valence-electron chi connectivity index (χ3n) is 4.96. The van der Waals surface area contributed by atoms with Gasteiger partial charge in [-0.05, 0) is 30.9 Å². The van der Waals surface area contributed by atoms with Crippen molar-refractivity contribution in [3.8, 4) is 12.3 Å². The number of carbonyl (C=O) groups is 1. The Labute approximate surface area is 128 Å². The van der Waals surface area contributed by atoms with Gasteiger partial charge in [0, 0.05) is 30.4 Å². The molecule has 1 aliphatic carbocycles. The standard InChI is InChI=1S/C17H18F2N2O/c1-5-10-6-20-7-11-13(10)12-9(2)8-21(14(11)12)16(22)17(3,4)15(18)19/h1,6-7,9,12,14-15H,8H2,2-4H3/t9-,12?,14+/m0/s1. The lowest BCUT2D eigenvalue weighted by Gasteiger charge is -2.42. The average Bonchev–Trinajstić information content (AvgIpc) is 2.74. The smallest absolute Gasteiger partial charge is 0.252 e. The molecule has 3 nitrogen and oxygen atoms in total. The van der Waals surface area contributed by atoms with Crippen molar-refractivity contribution in [2.24, 2.45) is 11.3 Å². The Bertz CT molecular complexity index is 678. The lowest BCUT2D eigenvalue weighted by Crippen LogP contribution is -2.46. The number of hydrogen-bond donors (Lipinski definition) is 0. The van der Waals surface area contributed by atoms with Gasteiger partial charge < -0.3 is 4.90 Å². The lowest BCUT2D eigenvalue weighted by molar-refractivity contribution is -0.150. The van der Waals surface area contributed by atoms with Crippen LogP contribution in [0.25, 0.3) is 0 Å². The van der Waals surface area contributed by atoms with E-state index in [1.807, 2.05) is 6.92 Å². The molecule has 22 heavy (non-hydrogen) atoms. The molecule has 5 heteroatoms. The summed E-state index contributed by atoms with van der Waals surface area (Å²) >= 11 is 0. The van der Waals surface area contributed by atoms with E-state index in [1.165, 1.54) is 13.8 Å². The third-order valence-corrected chi connectivity index (χ3v) is 4.96. The third kappa shape index (κ3) is 1.79. The van der Waals surface area contributed by atoms with E-state index in [4.69, 9.17) is 6.42 Å². The molecule has 0 aromatic carbocycles. The second kappa shape index (κ2) is 4.77. The molecule has 1 amide bonds. The molecule has 3 rings (SSSR count). The largest absolute Gasteiger partial charge is 0.334 e. The second-order valence-electron chi connectivity index (χ2n) is 6.76. The van der Waals surface area contributed by atoms with Gasteiger partial charge in [0.15, 0.2) is 0 Å². The Morgan fingerprint density at radius 2 is 2.18 bits per heavy atom. The minimum atomic E-state index is -2.69. The lowest BCUT2D eigenvalue weighted by atomic mass is 9.69. The molecule has 2 aliphatic rings. The SMILES string of the molecule is C#Cc1cncc2c1C1[C@@H]2N(C(=O)C(C)(C)C(F)F)C[C@@H]1C. The number of alkyl halides is 2. The summed E-state index contributed by atoms with van der Waals surface area (Å²) in [4.78, 5) is 18.3. The zero-order chi connectivity index (χ0) is 16.2. The summed E-state index contributed by atoms with van der Waals surface area (Å²) in [6.07, 6.45) is 6.17. The minimum Gasteiger partial charge on any atom is -0.334 e. The van der Waals surface area contributed by atoms with Crippen molar-refractivity contribution in [2.45, 2.75) is 39.2 Å². The zero-order valence-electron chi connectivity index (χ0n) is 12.8. The summed E-state index contributed by atoms with van der Waals surface area (Å²) in [5.41, 5.74) is 1.03. The number of fused-ring (bicyclic) bond motifs is 4. The van der Waals surface area contributed by atoms with Crippen LogP contribution in [-0.4, -0.2) is 28.8 Å². The minimum absolute atomic E-state index is 0.126. The van der Waals surface area contributed by atoms with Crippen molar-refractivity contribution in [3.63, 3.8) is 0 Å². The molecule has 1 aliphatic heterocycles. The molecule has 3 atom stereocenters. The molecule has 1 aromatic heterocycles. The molecule has 1 unspecified atom stereocenters. The van der Waals surface area contributed by atoms with E-state index < -0.39 is 17.7 Å². The number of aromatic nitrogens is 1. The van der Waals surface area contributed by atoms with Gasteiger partial charge in [-0.15, -0.1) is 6.42 Å². The van der Waals surface area contributed by atoms with Crippen molar-refractivity contribution in [1.82, 2.24) is 9.88 Å². The summed E-state index contributed by atoms with van der Waals surface area (Å²) < 4.78 is 26.4. The summed E-state index contributed by atoms with van der Waals surface area (Å²) in [6.45, 7) is 5.11. The molecule has 0 N–H and O–H groups in total. The molecule has 0 bridgehead atoms. The van der Waals surface area contributed by atoms with Crippen molar-refractivity contribution in [3.05, 3.63) is 29.1 Å². The van der Waals surface area contributed by atoms with Crippen molar-refractivity contribution >= 4 is 5.91 Å². The van der Waals surface area contributed by atoms with E-state index in [9.17, 15) is 13.6 Å². The summed E-state index contributed by atoms with van der Waals surface area (Å²) in [5.74, 6) is 2.45. The maximum absolute atomic E-state index is 13.2. The van der Waals surface area contributed by atoms with Crippen LogP contribution < -0.4 is 0 Å². The van der Waals surface area contributed by atoms with Crippen molar-refractivity contribution < 1.29 is 13.6 Å². The van der Waals surface area contributed by atoms with Gasteiger partial charge in [-0.25, -0.2) is 8.78 Å². The number of carbonyl (C=O) groups excluding carboxylic acids is 1. The molecule has 1 saturated heterocycles. The Hall–Kier alpha value is -1.96. The molecule has 116 valence electrons. The number of terminal acetylenes is 1. The average molecular weight is 304 g/mol. The first kappa shape index (κ1) is 15.0. The summed E-state index contributed by atoms with van der Waals surface area (Å²) in [6, 6.07) is -0.170. The number of halogens is 2. The van der Waals surface area contributed by atoms with Crippen LogP contribution in [0.3, 0.4) is 0 Å². The highest BCUT2D eigenvalue weighted by atomic mass is 19.3. The van der Waals surface area contributed by atoms with E-state index in [-0.39, 0.29) is 17.9 Å². The predicted octanol–water partition coefficient (Wildman–Crippen LogP) is 2.97. The van der Waals surface area contributed by atoms with Gasteiger partial charge in [0.25, 0.3) is 6.43 Å². The highest BCUT2D eigenvalue weighted by Gasteiger charge is 2.55. The van der Waals surface area contributed by atoms with Crippen LogP contribution in [0.15, 0.2) is 12.4 Å². The highest BCUT2D eigenvalue weighted by Crippen LogP contribution is 2.58. The van der Waals surface area contributed by atoms with Crippen LogP contribution in [0.4, 0.5) is 8.78 Å². The number of likely N-dealkylation sites (tertiary alicyclic amines) is 1. The van der Waals surface area contributed by atoms with Gasteiger partial charge >= 0.3 is 0 Å². The van der Waals surface area contributed by atoms with Gasteiger partial charge in [0.2, 0.25) is 5.91 Å². The van der Waals surface area contributed by atoms with Crippen LogP contribution in [-0.2, 0) is 4.79 Å². The van der Waals surface area contributed by atoms with Crippen LogP contribution in [0.1, 0.15) is 49.4 Å². The molecular formula is C17H18F2N2O. The van der Waals surface area contributed by atoms with Crippen molar-refractivity contribution in [2.75, 3.05) is 6.54 Å². The van der Waals surface area contributed by atoms with E-state index in [2.05, 4.69) is 10.9 Å². The number of amides is 1. The molecular weight excluding hydrogens is 286 g/mol. The van der Waals surface area contributed by atoms with Gasteiger partial charge in [-0.2, -0.15) is 0 Å². The number of pyridine rings is 1. The molecule has 1 fully saturated rings. The topological polar surface area (TPSA) is 33.2 Å². The summed E-state index contributed by atoms with van der Waals surface area (Å²) in [7, 11) is 0. The first-order valence-corrected chi connectivity index (χ1v) is 7.34. The van der Waals surface area contributed by atoms with E-state index in [0.29, 0.717) is 6.54 Å². The number of nitrogens with zero attached hydrogens (tertiary/aromatic N) is 2. The Morgan fingerprint density at radius 1 is 1.50 bits per heavy atom. The normalized spacial score (nSPS) is 26.2. The van der Waals surface area contributed by atoms with E-state index in [1.54, 1.807) is 17.3 Å². The van der Waals surface area contributed by atoms with E-state index >= 15 is 0 Å². The Kier molecular flexibility index (Phi) is 3.24. The molecule has 0 saturated carbocycles. The zero-order valence-corrected chi connectivity index (χ0v) is 12.8. The molecule has 2 heterocycles. The van der Waals surface area contributed by atoms with Crippen LogP contribution >= 0.6 is 0 Å². The predicted molar refractivity (Wildman–Crippen MR) is 78.3 cm³/mol. The summed E-state index contributed by atoms with van der Waals surface area (Å²) in [5, 5.41) is 0. The van der Waals surface area contributed by atoms with Gasteiger partial charge in [-0.3, -0.25) is 9.78 Å². The maximum Gasteiger partial charge on any atom is 0.252 e. The van der Waals surface area contributed by atoms with Gasteiger partial charge in [0.05, 0.1) is 6.04 Å². The van der Waals surface area contributed by atoms with Crippen LogP contribution in [0, 0.1) is 23.7 Å². The van der Waals surface area contributed by atoms with Crippen molar-refractivity contribution in [1.29, 1.82) is 0 Å². The fourth-order valence-electron chi connectivity index (χ4n) is 3.63. The van der Waals surface area contributed by atoms with Gasteiger partial charge in [-0.1, -0.05) is 12.8 Å². The van der Waals surface area contributed by atoms with E-state index in [0.717, 1.165) is 16.7 Å².